The summed E-state index contributed by atoms with van der Waals surface area (Å²) >= 11 is 0. The molecule has 1 aromatic heterocycles. The lowest BCUT2D eigenvalue weighted by Gasteiger charge is -2.14. The van der Waals surface area contributed by atoms with E-state index in [0.29, 0.717) is 12.2 Å². The van der Waals surface area contributed by atoms with Crippen LogP contribution in [0, 0.1) is 5.82 Å². The molecule has 1 aliphatic heterocycles. The van der Waals surface area contributed by atoms with Crippen LogP contribution >= 0.6 is 0 Å². The smallest absolute Gasteiger partial charge is 0.244 e. The van der Waals surface area contributed by atoms with Crippen LogP contribution in [0.1, 0.15) is 12.1 Å². The third-order valence-electron chi connectivity index (χ3n) is 3.80. The fourth-order valence-corrected chi connectivity index (χ4v) is 2.50. The second-order valence-corrected chi connectivity index (χ2v) is 5.50. The van der Waals surface area contributed by atoms with Gasteiger partial charge in [0.2, 0.25) is 5.91 Å². The fourth-order valence-electron chi connectivity index (χ4n) is 2.50. The molecule has 0 spiro atoms. The number of rotatable bonds is 5. The number of halogens is 1. The minimum atomic E-state index is -0.468. The molecule has 0 bridgehead atoms. The van der Waals surface area contributed by atoms with Gasteiger partial charge in [-0.25, -0.2) is 4.39 Å². The van der Waals surface area contributed by atoms with Gasteiger partial charge in [-0.3, -0.25) is 9.78 Å². The number of carbonyl (C=O) groups excluding carboxylic acids is 1. The fraction of sp³-hybridized carbons (Fsp3) is 0.294. The van der Waals surface area contributed by atoms with Crippen molar-refractivity contribution in [3.05, 3.63) is 54.1 Å². The Morgan fingerprint density at radius 1 is 1.39 bits per heavy atom. The standard InChI is InChI=1S/C17H18FN3O2/c1-21-9-7-15(17(21)22)20-12-5-6-16(14(18)10-12)23-11-13-4-2-3-8-19-13/h2-6,8,10,15,20H,7,9,11H2,1H3/t15-/m0/s1. The average molecular weight is 315 g/mol. The summed E-state index contributed by atoms with van der Waals surface area (Å²) < 4.78 is 19.6. The predicted molar refractivity (Wildman–Crippen MR) is 84.6 cm³/mol. The molecule has 0 unspecified atom stereocenters. The van der Waals surface area contributed by atoms with E-state index in [-0.39, 0.29) is 24.3 Å². The molecular weight excluding hydrogens is 297 g/mol. The Bertz CT molecular complexity index is 693. The van der Waals surface area contributed by atoms with Gasteiger partial charge in [-0.2, -0.15) is 0 Å². The van der Waals surface area contributed by atoms with E-state index in [1.165, 1.54) is 6.07 Å². The molecule has 5 nitrogen and oxygen atoms in total. The lowest BCUT2D eigenvalue weighted by atomic mass is 10.2. The van der Waals surface area contributed by atoms with Crippen LogP contribution in [0.15, 0.2) is 42.6 Å². The molecule has 0 aliphatic carbocycles. The number of hydrogen-bond acceptors (Lipinski definition) is 4. The highest BCUT2D eigenvalue weighted by atomic mass is 19.1. The molecular formula is C17H18FN3O2. The number of aromatic nitrogens is 1. The minimum Gasteiger partial charge on any atom is -0.484 e. The Morgan fingerprint density at radius 3 is 2.91 bits per heavy atom. The Hall–Kier alpha value is -2.63. The molecule has 1 N–H and O–H groups in total. The van der Waals surface area contributed by atoms with Crippen molar-refractivity contribution in [2.24, 2.45) is 0 Å². The second-order valence-electron chi connectivity index (χ2n) is 5.50. The molecule has 1 aliphatic rings. The van der Waals surface area contributed by atoms with E-state index >= 15 is 0 Å². The molecule has 1 amide bonds. The van der Waals surface area contributed by atoms with Gasteiger partial charge in [0.05, 0.1) is 5.69 Å². The molecule has 1 fully saturated rings. The van der Waals surface area contributed by atoms with Gasteiger partial charge < -0.3 is 15.0 Å². The zero-order chi connectivity index (χ0) is 16.2. The maximum atomic E-state index is 14.1. The lowest BCUT2D eigenvalue weighted by molar-refractivity contribution is -0.127. The van der Waals surface area contributed by atoms with E-state index in [4.69, 9.17) is 4.74 Å². The number of pyridine rings is 1. The van der Waals surface area contributed by atoms with E-state index in [9.17, 15) is 9.18 Å². The van der Waals surface area contributed by atoms with Gasteiger partial charge in [-0.1, -0.05) is 6.07 Å². The van der Waals surface area contributed by atoms with Crippen molar-refractivity contribution < 1.29 is 13.9 Å². The summed E-state index contributed by atoms with van der Waals surface area (Å²) in [6.07, 6.45) is 2.38. The average Bonchev–Trinajstić information content (AvgIpc) is 2.87. The van der Waals surface area contributed by atoms with Crippen LogP contribution < -0.4 is 10.1 Å². The minimum absolute atomic E-state index is 0.0286. The summed E-state index contributed by atoms with van der Waals surface area (Å²) in [6.45, 7) is 0.917. The topological polar surface area (TPSA) is 54.5 Å². The van der Waals surface area contributed by atoms with E-state index in [0.717, 1.165) is 12.1 Å². The first-order chi connectivity index (χ1) is 11.1. The summed E-state index contributed by atoms with van der Waals surface area (Å²) in [5.41, 5.74) is 1.30. The van der Waals surface area contributed by atoms with Gasteiger partial charge in [-0.05, 0) is 30.7 Å². The highest BCUT2D eigenvalue weighted by Gasteiger charge is 2.28. The quantitative estimate of drug-likeness (QED) is 0.921. The predicted octanol–water partition coefficient (Wildman–Crippen LogP) is 2.44. The number of nitrogens with zero attached hydrogens (tertiary/aromatic N) is 2. The van der Waals surface area contributed by atoms with Crippen molar-refractivity contribution in [1.82, 2.24) is 9.88 Å². The second kappa shape index (κ2) is 6.64. The van der Waals surface area contributed by atoms with Gasteiger partial charge in [-0.15, -0.1) is 0 Å². The lowest BCUT2D eigenvalue weighted by Crippen LogP contribution is -2.30. The van der Waals surface area contributed by atoms with E-state index < -0.39 is 5.82 Å². The van der Waals surface area contributed by atoms with Crippen LogP contribution in [0.5, 0.6) is 5.75 Å². The third kappa shape index (κ3) is 3.59. The molecule has 0 radical (unpaired) electrons. The first kappa shape index (κ1) is 15.3. The molecule has 1 aromatic carbocycles. The summed E-state index contributed by atoms with van der Waals surface area (Å²) in [5.74, 6) is -0.276. The Morgan fingerprint density at radius 2 is 2.26 bits per heavy atom. The Labute approximate surface area is 134 Å². The number of ether oxygens (including phenoxy) is 1. The summed E-state index contributed by atoms with van der Waals surface area (Å²) in [7, 11) is 1.76. The molecule has 2 heterocycles. The highest BCUT2D eigenvalue weighted by molar-refractivity contribution is 5.86. The van der Waals surface area contributed by atoms with Crippen LogP contribution in [0.25, 0.3) is 0 Å². The number of carbonyl (C=O) groups is 1. The molecule has 6 heteroatoms. The Balaban J connectivity index is 1.63. The molecule has 0 saturated carbocycles. The molecule has 3 rings (SSSR count). The molecule has 1 atom stereocenters. The van der Waals surface area contributed by atoms with Gasteiger partial charge in [0.15, 0.2) is 11.6 Å². The summed E-state index contributed by atoms with van der Waals surface area (Å²) in [4.78, 5) is 17.6. The van der Waals surface area contributed by atoms with Gasteiger partial charge in [0.1, 0.15) is 12.6 Å². The maximum Gasteiger partial charge on any atom is 0.244 e. The van der Waals surface area contributed by atoms with Crippen molar-refractivity contribution in [3.63, 3.8) is 0 Å². The van der Waals surface area contributed by atoms with Gasteiger partial charge in [0.25, 0.3) is 0 Å². The zero-order valence-corrected chi connectivity index (χ0v) is 12.8. The zero-order valence-electron chi connectivity index (χ0n) is 12.8. The summed E-state index contributed by atoms with van der Waals surface area (Å²) in [6, 6.07) is 9.80. The monoisotopic (exact) mass is 315 g/mol. The Kier molecular flexibility index (Phi) is 4.41. The van der Waals surface area contributed by atoms with Gasteiger partial charge >= 0.3 is 0 Å². The largest absolute Gasteiger partial charge is 0.484 e. The van der Waals surface area contributed by atoms with Gasteiger partial charge in [0, 0.05) is 31.5 Å². The van der Waals surface area contributed by atoms with E-state index in [1.54, 1.807) is 30.3 Å². The first-order valence-electron chi connectivity index (χ1n) is 7.47. The van der Waals surface area contributed by atoms with Crippen LogP contribution in [0.2, 0.25) is 0 Å². The molecule has 120 valence electrons. The molecule has 23 heavy (non-hydrogen) atoms. The van der Waals surface area contributed by atoms with Crippen LogP contribution in [0.4, 0.5) is 10.1 Å². The van der Waals surface area contributed by atoms with Crippen molar-refractivity contribution in [2.75, 3.05) is 18.9 Å². The van der Waals surface area contributed by atoms with Crippen LogP contribution in [0.3, 0.4) is 0 Å². The number of likely N-dealkylation sites (tertiary alicyclic amines) is 1. The number of likely N-dealkylation sites (N-methyl/N-ethyl adjacent to an activating group) is 1. The van der Waals surface area contributed by atoms with Crippen LogP contribution in [-0.2, 0) is 11.4 Å². The van der Waals surface area contributed by atoms with E-state index in [1.807, 2.05) is 18.2 Å². The normalized spacial score (nSPS) is 17.4. The number of amides is 1. The number of benzene rings is 1. The first-order valence-corrected chi connectivity index (χ1v) is 7.47. The van der Waals surface area contributed by atoms with Crippen molar-refractivity contribution in [2.45, 2.75) is 19.1 Å². The third-order valence-corrected chi connectivity index (χ3v) is 3.80. The molecule has 1 saturated heterocycles. The van der Waals surface area contributed by atoms with Crippen molar-refractivity contribution in [1.29, 1.82) is 0 Å². The SMILES string of the molecule is CN1CC[C@H](Nc2ccc(OCc3ccccn3)c(F)c2)C1=O. The number of anilines is 1. The number of nitrogens with one attached hydrogen (secondary N) is 1. The number of hydrogen-bond donors (Lipinski definition) is 1. The summed E-state index contributed by atoms with van der Waals surface area (Å²) in [5, 5.41) is 3.06. The van der Waals surface area contributed by atoms with Crippen molar-refractivity contribution in [3.8, 4) is 5.75 Å². The highest BCUT2D eigenvalue weighted by Crippen LogP contribution is 2.24. The molecule has 2 aromatic rings. The van der Waals surface area contributed by atoms with Crippen LogP contribution in [-0.4, -0.2) is 35.4 Å². The van der Waals surface area contributed by atoms with E-state index in [2.05, 4.69) is 10.3 Å². The maximum absolute atomic E-state index is 14.1. The van der Waals surface area contributed by atoms with Crippen molar-refractivity contribution >= 4 is 11.6 Å².